The van der Waals surface area contributed by atoms with E-state index in [0.717, 1.165) is 26.1 Å². The van der Waals surface area contributed by atoms with Gasteiger partial charge in [0.2, 0.25) is 0 Å². The van der Waals surface area contributed by atoms with Gasteiger partial charge in [0.15, 0.2) is 0 Å². The summed E-state index contributed by atoms with van der Waals surface area (Å²) in [7, 11) is 0. The zero-order valence-electron chi connectivity index (χ0n) is 12.6. The van der Waals surface area contributed by atoms with Crippen molar-refractivity contribution in [3.63, 3.8) is 0 Å². The molecule has 2 amide bonds. The van der Waals surface area contributed by atoms with Crippen LogP contribution in [-0.4, -0.2) is 16.2 Å². The third kappa shape index (κ3) is 4.53. The summed E-state index contributed by atoms with van der Waals surface area (Å²) in [5.41, 5.74) is 1.64. The van der Waals surface area contributed by atoms with Crippen LogP contribution in [0.3, 0.4) is 0 Å². The summed E-state index contributed by atoms with van der Waals surface area (Å²) >= 11 is 7.74. The molecule has 0 aliphatic rings. The second-order valence-electron chi connectivity index (χ2n) is 4.97. The molecule has 7 heteroatoms. The molecule has 0 saturated carbocycles. The number of aromatic amines is 1. The first-order chi connectivity index (χ1) is 11.7. The van der Waals surface area contributed by atoms with Crippen molar-refractivity contribution in [2.75, 3.05) is 5.32 Å². The molecule has 0 atom stereocenters. The normalized spacial score (nSPS) is 10.4. The van der Waals surface area contributed by atoms with Crippen LogP contribution in [0.4, 0.5) is 10.5 Å². The maximum Gasteiger partial charge on any atom is 0.319 e. The summed E-state index contributed by atoms with van der Waals surface area (Å²) in [6.07, 6.45) is 3.40. The van der Waals surface area contributed by atoms with Gasteiger partial charge in [-0.2, -0.15) is 5.10 Å². The Labute approximate surface area is 148 Å². The summed E-state index contributed by atoms with van der Waals surface area (Å²) in [5.74, 6) is 0. The molecule has 3 N–H and O–H groups in total. The first-order valence-electron chi connectivity index (χ1n) is 7.26. The minimum Gasteiger partial charge on any atom is -0.334 e. The minimum atomic E-state index is -0.261. The van der Waals surface area contributed by atoms with Gasteiger partial charge in [-0.15, -0.1) is 0 Å². The predicted molar refractivity (Wildman–Crippen MR) is 96.5 cm³/mol. The lowest BCUT2D eigenvalue weighted by molar-refractivity contribution is 0.251. The molecule has 0 fully saturated rings. The van der Waals surface area contributed by atoms with Crippen LogP contribution < -0.4 is 10.6 Å². The van der Waals surface area contributed by atoms with Crippen LogP contribution in [-0.2, 0) is 6.54 Å². The van der Waals surface area contributed by atoms with Gasteiger partial charge in [-0.05, 0) is 36.4 Å². The van der Waals surface area contributed by atoms with Gasteiger partial charge < -0.3 is 10.6 Å². The third-order valence-corrected chi connectivity index (χ3v) is 4.71. The van der Waals surface area contributed by atoms with Crippen LogP contribution in [0.5, 0.6) is 0 Å². The number of amides is 2. The van der Waals surface area contributed by atoms with Gasteiger partial charge in [-0.3, -0.25) is 5.10 Å². The number of urea groups is 1. The molecule has 122 valence electrons. The lowest BCUT2D eigenvalue weighted by Gasteiger charge is -2.08. The Morgan fingerprint density at radius 1 is 1.17 bits per heavy atom. The van der Waals surface area contributed by atoms with E-state index in [0.29, 0.717) is 6.54 Å². The Morgan fingerprint density at radius 3 is 2.67 bits per heavy atom. The first kappa shape index (κ1) is 16.4. The zero-order chi connectivity index (χ0) is 16.8. The lowest BCUT2D eigenvalue weighted by atomic mass is 10.3. The molecule has 1 heterocycles. The fraction of sp³-hybridized carbons (Fsp3) is 0.0588. The van der Waals surface area contributed by atoms with Crippen molar-refractivity contribution < 1.29 is 4.79 Å². The van der Waals surface area contributed by atoms with Crippen LogP contribution in [0.1, 0.15) is 5.56 Å². The Bertz CT molecular complexity index is 806. The van der Waals surface area contributed by atoms with Gasteiger partial charge in [0.1, 0.15) is 0 Å². The summed E-state index contributed by atoms with van der Waals surface area (Å²) in [6.45, 7) is 0.419. The Hall–Kier alpha value is -2.44. The molecule has 3 aromatic rings. The summed E-state index contributed by atoms with van der Waals surface area (Å²) in [6, 6.07) is 15.0. The Morgan fingerprint density at radius 2 is 1.96 bits per heavy atom. The number of rotatable bonds is 5. The highest BCUT2D eigenvalue weighted by Crippen LogP contribution is 2.33. The summed E-state index contributed by atoms with van der Waals surface area (Å²) in [4.78, 5) is 13.9. The van der Waals surface area contributed by atoms with Crippen LogP contribution in [0.15, 0.2) is 70.7 Å². The number of anilines is 1. The van der Waals surface area contributed by atoms with Crippen molar-refractivity contribution in [2.24, 2.45) is 0 Å². The van der Waals surface area contributed by atoms with Crippen molar-refractivity contribution in [1.82, 2.24) is 15.5 Å². The number of nitrogens with zero attached hydrogens (tertiary/aromatic N) is 1. The highest BCUT2D eigenvalue weighted by atomic mass is 35.5. The van der Waals surface area contributed by atoms with Gasteiger partial charge in [-0.25, -0.2) is 4.79 Å². The lowest BCUT2D eigenvalue weighted by Crippen LogP contribution is -2.27. The largest absolute Gasteiger partial charge is 0.334 e. The van der Waals surface area contributed by atoms with E-state index in [1.54, 1.807) is 24.2 Å². The van der Waals surface area contributed by atoms with Gasteiger partial charge in [-0.1, -0.05) is 35.5 Å². The van der Waals surface area contributed by atoms with Crippen molar-refractivity contribution >= 4 is 35.1 Å². The number of H-pyrrole nitrogens is 1. The number of carbonyl (C=O) groups is 1. The first-order valence-corrected chi connectivity index (χ1v) is 8.45. The Balaban J connectivity index is 1.54. The molecule has 24 heavy (non-hydrogen) atoms. The smallest absolute Gasteiger partial charge is 0.319 e. The molecule has 0 aliphatic heterocycles. The van der Waals surface area contributed by atoms with E-state index in [-0.39, 0.29) is 6.03 Å². The molecule has 0 bridgehead atoms. The molecule has 3 rings (SSSR count). The Kier molecular flexibility index (Phi) is 5.40. The van der Waals surface area contributed by atoms with Crippen LogP contribution in [0.25, 0.3) is 0 Å². The standard InChI is InChI=1S/C17H15ClN4OS/c18-15-3-1-2-4-16(15)24-14-7-5-13(6-8-14)22-17(23)19-9-12-10-20-21-11-12/h1-8,10-11H,9H2,(H,20,21)(H2,19,22,23). The molecular weight excluding hydrogens is 344 g/mol. The fourth-order valence-electron chi connectivity index (χ4n) is 1.99. The SMILES string of the molecule is O=C(NCc1cn[nH]c1)Nc1ccc(Sc2ccccc2Cl)cc1. The van der Waals surface area contributed by atoms with Gasteiger partial charge in [0.25, 0.3) is 0 Å². The van der Waals surface area contributed by atoms with E-state index in [4.69, 9.17) is 11.6 Å². The maximum atomic E-state index is 11.9. The van der Waals surface area contributed by atoms with E-state index < -0.39 is 0 Å². The third-order valence-electron chi connectivity index (χ3n) is 3.18. The molecule has 0 aliphatic carbocycles. The molecular formula is C17H15ClN4OS. The van der Waals surface area contributed by atoms with E-state index in [2.05, 4.69) is 20.8 Å². The molecule has 0 saturated heterocycles. The topological polar surface area (TPSA) is 69.8 Å². The van der Waals surface area contributed by atoms with Crippen molar-refractivity contribution in [1.29, 1.82) is 0 Å². The van der Waals surface area contributed by atoms with E-state index in [1.807, 2.05) is 48.5 Å². The zero-order valence-corrected chi connectivity index (χ0v) is 14.2. The van der Waals surface area contributed by atoms with E-state index in [9.17, 15) is 4.79 Å². The van der Waals surface area contributed by atoms with E-state index in [1.165, 1.54) is 0 Å². The average Bonchev–Trinajstić information content (AvgIpc) is 3.10. The van der Waals surface area contributed by atoms with Crippen molar-refractivity contribution in [3.05, 3.63) is 71.5 Å². The molecule has 0 radical (unpaired) electrons. The quantitative estimate of drug-likeness (QED) is 0.627. The summed E-state index contributed by atoms with van der Waals surface area (Å²) in [5, 5.41) is 12.8. The average molecular weight is 359 g/mol. The molecule has 2 aromatic carbocycles. The molecule has 0 spiro atoms. The van der Waals surface area contributed by atoms with Crippen LogP contribution in [0, 0.1) is 0 Å². The van der Waals surface area contributed by atoms with Crippen molar-refractivity contribution in [2.45, 2.75) is 16.3 Å². The highest BCUT2D eigenvalue weighted by Gasteiger charge is 2.04. The molecule has 1 aromatic heterocycles. The van der Waals surface area contributed by atoms with Crippen molar-refractivity contribution in [3.8, 4) is 0 Å². The monoisotopic (exact) mass is 358 g/mol. The van der Waals surface area contributed by atoms with Gasteiger partial charge in [0.05, 0.1) is 11.2 Å². The fourth-order valence-corrected chi connectivity index (χ4v) is 3.08. The minimum absolute atomic E-state index is 0.261. The number of carbonyl (C=O) groups excluding carboxylic acids is 1. The molecule has 5 nitrogen and oxygen atoms in total. The highest BCUT2D eigenvalue weighted by molar-refractivity contribution is 7.99. The number of halogens is 1. The number of nitrogens with one attached hydrogen (secondary N) is 3. The maximum absolute atomic E-state index is 11.9. The van der Waals surface area contributed by atoms with Crippen LogP contribution in [0.2, 0.25) is 5.02 Å². The van der Waals surface area contributed by atoms with Gasteiger partial charge >= 0.3 is 6.03 Å². The number of hydrogen-bond donors (Lipinski definition) is 3. The van der Waals surface area contributed by atoms with E-state index >= 15 is 0 Å². The van der Waals surface area contributed by atoms with Crippen LogP contribution >= 0.6 is 23.4 Å². The second kappa shape index (κ2) is 7.90. The number of aromatic nitrogens is 2. The second-order valence-corrected chi connectivity index (χ2v) is 6.49. The predicted octanol–water partition coefficient (Wildman–Crippen LogP) is 4.54. The number of benzene rings is 2. The molecule has 0 unspecified atom stereocenters. The number of hydrogen-bond acceptors (Lipinski definition) is 3. The summed E-state index contributed by atoms with van der Waals surface area (Å²) < 4.78 is 0. The van der Waals surface area contributed by atoms with Gasteiger partial charge in [0, 0.05) is 33.8 Å².